The highest BCUT2D eigenvalue weighted by Gasteiger charge is 2.29. The highest BCUT2D eigenvalue weighted by Crippen LogP contribution is 2.18. The van der Waals surface area contributed by atoms with Crippen LogP contribution in [0.2, 0.25) is 0 Å². The lowest BCUT2D eigenvalue weighted by Gasteiger charge is -2.34. The van der Waals surface area contributed by atoms with Gasteiger partial charge < -0.3 is 4.90 Å². The van der Waals surface area contributed by atoms with Gasteiger partial charge in [-0.15, -0.1) is 0 Å². The van der Waals surface area contributed by atoms with Gasteiger partial charge in [0.25, 0.3) is 0 Å². The number of piperidine rings is 1. The number of amides is 1. The first-order valence-electron chi connectivity index (χ1n) is 7.14. The van der Waals surface area contributed by atoms with Gasteiger partial charge in [-0.2, -0.15) is 0 Å². The monoisotopic (exact) mass is 290 g/mol. The predicted octanol–water partition coefficient (Wildman–Crippen LogP) is 1.35. The second-order valence-electron chi connectivity index (χ2n) is 5.57. The first-order valence-corrected chi connectivity index (χ1v) is 8.79. The van der Waals surface area contributed by atoms with Crippen LogP contribution in [0.4, 0.5) is 0 Å². The molecule has 1 fully saturated rings. The molecule has 0 spiro atoms. The third-order valence-corrected chi connectivity index (χ3v) is 4.91. The van der Waals surface area contributed by atoms with Crippen LogP contribution < -0.4 is 4.72 Å². The minimum Gasteiger partial charge on any atom is -0.300 e. The predicted molar refractivity (Wildman–Crippen MR) is 76.3 cm³/mol. The van der Waals surface area contributed by atoms with E-state index in [2.05, 4.69) is 23.5 Å². The van der Waals surface area contributed by atoms with Crippen LogP contribution in [-0.2, 0) is 14.8 Å². The molecule has 1 amide bonds. The van der Waals surface area contributed by atoms with E-state index in [1.54, 1.807) is 0 Å². The summed E-state index contributed by atoms with van der Waals surface area (Å²) in [6.45, 7) is 7.77. The molecule has 1 saturated heterocycles. The molecule has 112 valence electrons. The summed E-state index contributed by atoms with van der Waals surface area (Å²) in [5.41, 5.74) is 0. The number of carbonyl (C=O) groups is 1. The van der Waals surface area contributed by atoms with Crippen LogP contribution in [0.1, 0.15) is 46.5 Å². The molecule has 0 saturated carbocycles. The van der Waals surface area contributed by atoms with Crippen molar-refractivity contribution < 1.29 is 13.2 Å². The summed E-state index contributed by atoms with van der Waals surface area (Å²) in [4.78, 5) is 14.3. The van der Waals surface area contributed by atoms with Gasteiger partial charge >= 0.3 is 0 Å². The van der Waals surface area contributed by atoms with Crippen LogP contribution in [-0.4, -0.2) is 44.1 Å². The number of unbranched alkanes of at least 4 members (excludes halogenated alkanes) is 1. The first kappa shape index (κ1) is 16.4. The molecule has 1 N–H and O–H groups in total. The largest absolute Gasteiger partial charge is 0.300 e. The Bertz CT molecular complexity index is 393. The summed E-state index contributed by atoms with van der Waals surface area (Å²) < 4.78 is 25.7. The standard InChI is InChI=1S/C13H26N2O3S/c1-4-5-9-19(17,18)14-13(16)12-7-6-8-15(10-12)11(2)3/h11-12H,4-10H2,1-3H3,(H,14,16). The fourth-order valence-electron chi connectivity index (χ4n) is 2.31. The lowest BCUT2D eigenvalue weighted by molar-refractivity contribution is -0.125. The maximum absolute atomic E-state index is 12.0. The van der Waals surface area contributed by atoms with Crippen LogP contribution in [0.25, 0.3) is 0 Å². The summed E-state index contributed by atoms with van der Waals surface area (Å²) >= 11 is 0. The van der Waals surface area contributed by atoms with Crippen LogP contribution in [0.3, 0.4) is 0 Å². The molecule has 0 aliphatic carbocycles. The Hall–Kier alpha value is -0.620. The van der Waals surface area contributed by atoms with Gasteiger partial charge in [-0.05, 0) is 39.7 Å². The maximum Gasteiger partial charge on any atom is 0.237 e. The number of carbonyl (C=O) groups excluding carboxylic acids is 1. The topological polar surface area (TPSA) is 66.5 Å². The van der Waals surface area contributed by atoms with Crippen LogP contribution in [0, 0.1) is 5.92 Å². The van der Waals surface area contributed by atoms with Crippen molar-refractivity contribution in [2.75, 3.05) is 18.8 Å². The average Bonchev–Trinajstić information content (AvgIpc) is 2.36. The molecule has 0 aromatic heterocycles. The van der Waals surface area contributed by atoms with E-state index in [1.807, 2.05) is 6.92 Å². The summed E-state index contributed by atoms with van der Waals surface area (Å²) in [6.07, 6.45) is 3.12. The molecule has 0 aromatic carbocycles. The van der Waals surface area contributed by atoms with E-state index in [0.29, 0.717) is 19.0 Å². The Kier molecular flexibility index (Phi) is 6.26. The first-order chi connectivity index (χ1) is 8.85. The van der Waals surface area contributed by atoms with Crippen molar-refractivity contribution in [3.05, 3.63) is 0 Å². The van der Waals surface area contributed by atoms with Crippen molar-refractivity contribution in [2.45, 2.75) is 52.5 Å². The fraction of sp³-hybridized carbons (Fsp3) is 0.923. The van der Waals surface area contributed by atoms with Gasteiger partial charge in [-0.3, -0.25) is 9.52 Å². The van der Waals surface area contributed by atoms with E-state index < -0.39 is 10.0 Å². The minimum atomic E-state index is -3.45. The molecule has 1 heterocycles. The highest BCUT2D eigenvalue weighted by molar-refractivity contribution is 7.90. The Balaban J connectivity index is 2.53. The smallest absolute Gasteiger partial charge is 0.237 e. The van der Waals surface area contributed by atoms with Gasteiger partial charge in [0.15, 0.2) is 0 Å². The number of nitrogens with zero attached hydrogens (tertiary/aromatic N) is 1. The number of nitrogens with one attached hydrogen (secondary N) is 1. The van der Waals surface area contributed by atoms with Crippen molar-refractivity contribution in [3.8, 4) is 0 Å². The molecule has 0 radical (unpaired) electrons. The molecule has 6 heteroatoms. The number of sulfonamides is 1. The number of rotatable bonds is 6. The Morgan fingerprint density at radius 2 is 2.11 bits per heavy atom. The van der Waals surface area contributed by atoms with E-state index >= 15 is 0 Å². The lowest BCUT2D eigenvalue weighted by Crippen LogP contribution is -2.47. The second-order valence-corrected chi connectivity index (χ2v) is 7.41. The normalized spacial score (nSPS) is 21.6. The van der Waals surface area contributed by atoms with Crippen LogP contribution >= 0.6 is 0 Å². The molecule has 1 aliphatic heterocycles. The van der Waals surface area contributed by atoms with Crippen molar-refractivity contribution in [3.63, 3.8) is 0 Å². The lowest BCUT2D eigenvalue weighted by atomic mass is 9.96. The zero-order valence-electron chi connectivity index (χ0n) is 12.2. The van der Waals surface area contributed by atoms with E-state index in [9.17, 15) is 13.2 Å². The maximum atomic E-state index is 12.0. The molecule has 1 rings (SSSR count). The molecule has 0 aromatic rings. The summed E-state index contributed by atoms with van der Waals surface area (Å²) in [6, 6.07) is 0.396. The van der Waals surface area contributed by atoms with Gasteiger partial charge in [-0.1, -0.05) is 13.3 Å². The molecule has 5 nitrogen and oxygen atoms in total. The fourth-order valence-corrected chi connectivity index (χ4v) is 3.56. The molecule has 19 heavy (non-hydrogen) atoms. The zero-order chi connectivity index (χ0) is 14.5. The number of hydrogen-bond donors (Lipinski definition) is 1. The average molecular weight is 290 g/mol. The quantitative estimate of drug-likeness (QED) is 0.802. The van der Waals surface area contributed by atoms with E-state index in [4.69, 9.17) is 0 Å². The highest BCUT2D eigenvalue weighted by atomic mass is 32.2. The van der Waals surface area contributed by atoms with E-state index in [1.165, 1.54) is 0 Å². The van der Waals surface area contributed by atoms with Crippen molar-refractivity contribution in [1.82, 2.24) is 9.62 Å². The molecule has 1 atom stereocenters. The van der Waals surface area contributed by atoms with Gasteiger partial charge in [0.1, 0.15) is 0 Å². The van der Waals surface area contributed by atoms with E-state index in [-0.39, 0.29) is 17.6 Å². The van der Waals surface area contributed by atoms with Crippen molar-refractivity contribution in [2.24, 2.45) is 5.92 Å². The molecule has 1 unspecified atom stereocenters. The molecule has 0 bridgehead atoms. The number of likely N-dealkylation sites (tertiary alicyclic amines) is 1. The molecule has 1 aliphatic rings. The molecular weight excluding hydrogens is 264 g/mol. The minimum absolute atomic E-state index is 0.0376. The Morgan fingerprint density at radius 3 is 2.68 bits per heavy atom. The Labute approximate surface area is 116 Å². The van der Waals surface area contributed by atoms with Gasteiger partial charge in [0.2, 0.25) is 15.9 Å². The SMILES string of the molecule is CCCCS(=O)(=O)NC(=O)C1CCCN(C(C)C)C1. The second kappa shape index (κ2) is 7.24. The van der Waals surface area contributed by atoms with Crippen LogP contribution in [0.15, 0.2) is 0 Å². The van der Waals surface area contributed by atoms with Gasteiger partial charge in [-0.25, -0.2) is 8.42 Å². The van der Waals surface area contributed by atoms with Gasteiger partial charge in [0.05, 0.1) is 11.7 Å². The third kappa shape index (κ3) is 5.48. The Morgan fingerprint density at radius 1 is 1.42 bits per heavy atom. The third-order valence-electron chi connectivity index (χ3n) is 3.58. The summed E-state index contributed by atoms with van der Waals surface area (Å²) in [5.74, 6) is -0.496. The van der Waals surface area contributed by atoms with Crippen molar-refractivity contribution in [1.29, 1.82) is 0 Å². The van der Waals surface area contributed by atoms with Crippen LogP contribution in [0.5, 0.6) is 0 Å². The van der Waals surface area contributed by atoms with Crippen molar-refractivity contribution >= 4 is 15.9 Å². The zero-order valence-corrected chi connectivity index (χ0v) is 13.0. The number of hydrogen-bond acceptors (Lipinski definition) is 4. The van der Waals surface area contributed by atoms with E-state index in [0.717, 1.165) is 25.8 Å². The molecular formula is C13H26N2O3S. The summed E-state index contributed by atoms with van der Waals surface area (Å²) in [7, 11) is -3.45. The summed E-state index contributed by atoms with van der Waals surface area (Å²) in [5, 5.41) is 0. The van der Waals surface area contributed by atoms with Gasteiger partial charge in [0, 0.05) is 12.6 Å².